The van der Waals surface area contributed by atoms with Crippen LogP contribution in [0.4, 0.5) is 4.39 Å². The van der Waals surface area contributed by atoms with Gasteiger partial charge in [0, 0.05) is 23.0 Å². The molecule has 86 valence electrons. The molecule has 0 saturated heterocycles. The molecule has 0 radical (unpaired) electrons. The molecule has 2 rings (SSSR count). The first-order valence-electron chi connectivity index (χ1n) is 5.26. The Morgan fingerprint density at radius 2 is 2.19 bits per heavy atom. The van der Waals surface area contributed by atoms with Gasteiger partial charge in [-0.1, -0.05) is 18.5 Å². The van der Waals surface area contributed by atoms with E-state index in [9.17, 15) is 9.50 Å². The summed E-state index contributed by atoms with van der Waals surface area (Å²) < 4.78 is 15.1. The second-order valence-electron chi connectivity index (χ2n) is 3.74. The summed E-state index contributed by atoms with van der Waals surface area (Å²) in [6, 6.07) is 4.52. The summed E-state index contributed by atoms with van der Waals surface area (Å²) >= 11 is 6.16. The second kappa shape index (κ2) is 4.44. The van der Waals surface area contributed by atoms with Crippen LogP contribution in [-0.2, 0) is 13.2 Å². The smallest absolute Gasteiger partial charge is 0.123 e. The van der Waals surface area contributed by atoms with Crippen LogP contribution in [0.5, 0.6) is 0 Å². The van der Waals surface area contributed by atoms with Crippen LogP contribution >= 0.6 is 11.6 Å². The maximum atomic E-state index is 13.1. The fourth-order valence-corrected chi connectivity index (χ4v) is 2.29. The minimum absolute atomic E-state index is 0.171. The third-order valence-corrected chi connectivity index (χ3v) is 3.10. The van der Waals surface area contributed by atoms with Gasteiger partial charge in [0.05, 0.1) is 6.61 Å². The van der Waals surface area contributed by atoms with Gasteiger partial charge >= 0.3 is 0 Å². The molecule has 1 aromatic carbocycles. The van der Waals surface area contributed by atoms with Crippen molar-refractivity contribution in [1.29, 1.82) is 0 Å². The molecule has 0 atom stereocenters. The minimum atomic E-state index is -0.312. The molecule has 4 heteroatoms. The lowest BCUT2D eigenvalue weighted by atomic mass is 10.2. The number of aliphatic hydroxyl groups is 1. The molecule has 2 aromatic rings. The van der Waals surface area contributed by atoms with Crippen LogP contribution in [0, 0.1) is 5.82 Å². The lowest BCUT2D eigenvalue weighted by Crippen LogP contribution is -1.96. The largest absolute Gasteiger partial charge is 0.392 e. The van der Waals surface area contributed by atoms with Crippen LogP contribution in [-0.4, -0.2) is 9.67 Å². The van der Waals surface area contributed by atoms with Crippen LogP contribution in [0.1, 0.15) is 18.9 Å². The fraction of sp³-hybridized carbons (Fsp3) is 0.333. The highest BCUT2D eigenvalue weighted by Gasteiger charge is 2.14. The van der Waals surface area contributed by atoms with E-state index in [2.05, 4.69) is 0 Å². The van der Waals surface area contributed by atoms with Gasteiger partial charge < -0.3 is 9.67 Å². The van der Waals surface area contributed by atoms with Crippen LogP contribution in [0.15, 0.2) is 18.2 Å². The van der Waals surface area contributed by atoms with Gasteiger partial charge in [-0.05, 0) is 24.6 Å². The second-order valence-corrected chi connectivity index (χ2v) is 4.10. The quantitative estimate of drug-likeness (QED) is 0.876. The van der Waals surface area contributed by atoms with Crippen molar-refractivity contribution in [2.75, 3.05) is 0 Å². The normalized spacial score (nSPS) is 11.2. The topological polar surface area (TPSA) is 25.2 Å². The zero-order valence-corrected chi connectivity index (χ0v) is 9.76. The zero-order chi connectivity index (χ0) is 11.7. The first-order valence-corrected chi connectivity index (χ1v) is 5.63. The summed E-state index contributed by atoms with van der Waals surface area (Å²) in [7, 11) is 0. The van der Waals surface area contributed by atoms with Crippen molar-refractivity contribution in [2.24, 2.45) is 0 Å². The van der Waals surface area contributed by atoms with Gasteiger partial charge in [0.2, 0.25) is 0 Å². The predicted molar refractivity (Wildman–Crippen MR) is 63.1 cm³/mol. The molecule has 1 heterocycles. The molecule has 2 nitrogen and oxygen atoms in total. The Bertz CT molecular complexity index is 521. The number of aliphatic hydroxyl groups excluding tert-OH is 1. The van der Waals surface area contributed by atoms with E-state index in [1.54, 1.807) is 6.07 Å². The molecule has 0 bridgehead atoms. The van der Waals surface area contributed by atoms with E-state index >= 15 is 0 Å². The van der Waals surface area contributed by atoms with Crippen molar-refractivity contribution >= 4 is 22.5 Å². The van der Waals surface area contributed by atoms with Gasteiger partial charge in [-0.3, -0.25) is 0 Å². The van der Waals surface area contributed by atoms with E-state index in [1.807, 2.05) is 11.5 Å². The summed E-state index contributed by atoms with van der Waals surface area (Å²) in [6.07, 6.45) is 0.936. The highest BCUT2D eigenvalue weighted by atomic mass is 35.5. The van der Waals surface area contributed by atoms with Gasteiger partial charge in [-0.25, -0.2) is 4.39 Å². The Hall–Kier alpha value is -1.06. The Morgan fingerprint density at radius 1 is 1.44 bits per heavy atom. The molecular formula is C12H13ClFNO. The number of benzene rings is 1. The Balaban J connectivity index is 2.75. The van der Waals surface area contributed by atoms with Crippen molar-refractivity contribution in [3.05, 3.63) is 34.7 Å². The number of hydrogen-bond acceptors (Lipinski definition) is 1. The van der Waals surface area contributed by atoms with Crippen molar-refractivity contribution in [3.63, 3.8) is 0 Å². The van der Waals surface area contributed by atoms with Crippen LogP contribution in [0.2, 0.25) is 5.15 Å². The summed E-state index contributed by atoms with van der Waals surface area (Å²) in [4.78, 5) is 0. The van der Waals surface area contributed by atoms with E-state index < -0.39 is 0 Å². The number of fused-ring (bicyclic) bond motifs is 1. The molecule has 0 aliphatic carbocycles. The van der Waals surface area contributed by atoms with E-state index in [4.69, 9.17) is 11.6 Å². The van der Waals surface area contributed by atoms with Crippen LogP contribution in [0.3, 0.4) is 0 Å². The third-order valence-electron chi connectivity index (χ3n) is 2.67. The fourth-order valence-electron chi connectivity index (χ4n) is 1.96. The first-order chi connectivity index (χ1) is 7.69. The predicted octanol–water partition coefficient (Wildman–Crippen LogP) is 3.34. The van der Waals surface area contributed by atoms with Crippen LogP contribution < -0.4 is 0 Å². The van der Waals surface area contributed by atoms with E-state index in [-0.39, 0.29) is 12.4 Å². The number of aromatic nitrogens is 1. The molecule has 0 fully saturated rings. The molecule has 0 amide bonds. The van der Waals surface area contributed by atoms with Gasteiger partial charge in [0.1, 0.15) is 11.0 Å². The lowest BCUT2D eigenvalue weighted by molar-refractivity contribution is 0.283. The Labute approximate surface area is 98.3 Å². The first kappa shape index (κ1) is 11.4. The summed E-state index contributed by atoms with van der Waals surface area (Å²) in [5, 5.41) is 10.5. The van der Waals surface area contributed by atoms with E-state index in [1.165, 1.54) is 12.1 Å². The number of aryl methyl sites for hydroxylation is 1. The van der Waals surface area contributed by atoms with Crippen molar-refractivity contribution < 1.29 is 9.50 Å². The monoisotopic (exact) mass is 241 g/mol. The van der Waals surface area contributed by atoms with E-state index in [0.717, 1.165) is 18.5 Å². The molecule has 16 heavy (non-hydrogen) atoms. The molecule has 0 saturated carbocycles. The SMILES string of the molecule is CCCn1c(Cl)c(CO)c2cc(F)ccc21. The Kier molecular flexibility index (Phi) is 3.17. The lowest BCUT2D eigenvalue weighted by Gasteiger charge is -2.04. The zero-order valence-electron chi connectivity index (χ0n) is 9.00. The minimum Gasteiger partial charge on any atom is -0.392 e. The van der Waals surface area contributed by atoms with E-state index in [0.29, 0.717) is 16.1 Å². The molecule has 0 spiro atoms. The van der Waals surface area contributed by atoms with Crippen molar-refractivity contribution in [2.45, 2.75) is 26.5 Å². The summed E-state index contributed by atoms with van der Waals surface area (Å²) in [5.74, 6) is -0.312. The van der Waals surface area contributed by atoms with Gasteiger partial charge in [-0.15, -0.1) is 0 Å². The van der Waals surface area contributed by atoms with Crippen molar-refractivity contribution in [3.8, 4) is 0 Å². The van der Waals surface area contributed by atoms with Gasteiger partial charge in [0.15, 0.2) is 0 Å². The number of hydrogen-bond donors (Lipinski definition) is 1. The number of rotatable bonds is 3. The molecule has 0 aliphatic heterocycles. The molecular weight excluding hydrogens is 229 g/mol. The Morgan fingerprint density at radius 3 is 2.81 bits per heavy atom. The molecule has 1 aromatic heterocycles. The third kappa shape index (κ3) is 1.70. The molecule has 1 N–H and O–H groups in total. The highest BCUT2D eigenvalue weighted by molar-refractivity contribution is 6.32. The molecule has 0 aliphatic rings. The number of nitrogens with zero attached hydrogens (tertiary/aromatic N) is 1. The van der Waals surface area contributed by atoms with Crippen molar-refractivity contribution in [1.82, 2.24) is 4.57 Å². The number of halogens is 2. The summed E-state index contributed by atoms with van der Waals surface area (Å²) in [6.45, 7) is 2.64. The van der Waals surface area contributed by atoms with Gasteiger partial charge in [-0.2, -0.15) is 0 Å². The maximum absolute atomic E-state index is 13.1. The maximum Gasteiger partial charge on any atom is 0.123 e. The standard InChI is InChI=1S/C12H13ClFNO/c1-2-5-15-11-4-3-8(14)6-9(11)10(7-16)12(15)13/h3-4,6,16H,2,5,7H2,1H3. The van der Waals surface area contributed by atoms with Gasteiger partial charge in [0.25, 0.3) is 0 Å². The van der Waals surface area contributed by atoms with Crippen LogP contribution in [0.25, 0.3) is 10.9 Å². The average molecular weight is 242 g/mol. The molecule has 0 unspecified atom stereocenters. The summed E-state index contributed by atoms with van der Waals surface area (Å²) in [5.41, 5.74) is 1.47. The average Bonchev–Trinajstić information content (AvgIpc) is 2.52. The highest BCUT2D eigenvalue weighted by Crippen LogP contribution is 2.30.